The third-order valence-corrected chi connectivity index (χ3v) is 8.16. The molecular weight excluding hydrogens is 440 g/mol. The lowest BCUT2D eigenvalue weighted by molar-refractivity contribution is -0.910. The van der Waals surface area contributed by atoms with E-state index >= 15 is 0 Å². The number of rotatable bonds is 22. The van der Waals surface area contributed by atoms with Crippen molar-refractivity contribution in [3.63, 3.8) is 0 Å². The maximum atomic E-state index is 12.6. The first-order valence-corrected chi connectivity index (χ1v) is 16.4. The van der Waals surface area contributed by atoms with Crippen molar-refractivity contribution in [2.45, 2.75) is 150 Å². The van der Waals surface area contributed by atoms with Crippen LogP contribution in [0.25, 0.3) is 0 Å². The molecule has 1 nitrogen and oxygen atoms in total. The average molecular weight is 506 g/mol. The highest BCUT2D eigenvalue weighted by atomic mass is 19.1. The van der Waals surface area contributed by atoms with Crippen LogP contribution < -0.4 is 5.46 Å². The van der Waals surface area contributed by atoms with E-state index in [2.05, 4.69) is 34.6 Å². The highest BCUT2D eigenvalue weighted by molar-refractivity contribution is 6.52. The minimum absolute atomic E-state index is 0.0885. The van der Waals surface area contributed by atoms with Crippen LogP contribution in [0.5, 0.6) is 0 Å². The topological polar surface area (TPSA) is 0 Å². The van der Waals surface area contributed by atoms with Gasteiger partial charge in [-0.3, -0.25) is 0 Å². The number of hydrogen-bond donors (Lipinski definition) is 0. The van der Waals surface area contributed by atoms with Crippen molar-refractivity contribution in [1.82, 2.24) is 0 Å². The summed E-state index contributed by atoms with van der Waals surface area (Å²) in [5.74, 6) is -0.105. The van der Waals surface area contributed by atoms with Crippen molar-refractivity contribution < 1.29 is 8.87 Å². The number of benzene rings is 1. The Morgan fingerprint density at radius 3 is 1.31 bits per heavy atom. The molecule has 0 saturated carbocycles. The largest absolute Gasteiger partial charge is 0.326 e. The summed E-state index contributed by atoms with van der Waals surface area (Å²) < 4.78 is 13.9. The van der Waals surface area contributed by atoms with E-state index in [1.165, 1.54) is 157 Å². The van der Waals surface area contributed by atoms with Gasteiger partial charge in [-0.05, 0) is 58.8 Å². The molecule has 3 heteroatoms. The normalized spacial score (nSPS) is 11.4. The number of nitrogens with zero attached hydrogens (tertiary/aromatic N) is 1. The van der Waals surface area contributed by atoms with E-state index in [9.17, 15) is 4.39 Å². The van der Waals surface area contributed by atoms with Crippen molar-refractivity contribution >= 4 is 12.7 Å². The van der Waals surface area contributed by atoms with Crippen LogP contribution in [0.3, 0.4) is 0 Å². The molecule has 0 aliphatic heterocycles. The summed E-state index contributed by atoms with van der Waals surface area (Å²) in [7, 11) is 2.47. The van der Waals surface area contributed by atoms with Crippen LogP contribution in [0.1, 0.15) is 142 Å². The predicted octanol–water partition coefficient (Wildman–Crippen LogP) is 9.49. The molecule has 0 saturated heterocycles. The molecule has 0 N–H and O–H groups in total. The summed E-state index contributed by atoms with van der Waals surface area (Å²) in [6.45, 7) is 15.4. The molecule has 0 aliphatic carbocycles. The summed E-state index contributed by atoms with van der Waals surface area (Å²) in [5, 5.41) is 0. The van der Waals surface area contributed by atoms with E-state index in [0.717, 1.165) is 0 Å². The van der Waals surface area contributed by atoms with Crippen LogP contribution in [0, 0.1) is 12.7 Å². The van der Waals surface area contributed by atoms with Crippen LogP contribution in [0.4, 0.5) is 4.39 Å². The maximum absolute atomic E-state index is 12.6. The third-order valence-electron chi connectivity index (χ3n) is 8.16. The molecule has 0 amide bonds. The van der Waals surface area contributed by atoms with E-state index < -0.39 is 0 Å². The quantitative estimate of drug-likeness (QED) is 0.0836. The molecule has 0 spiro atoms. The van der Waals surface area contributed by atoms with Gasteiger partial charge in [0.25, 0.3) is 0 Å². The summed E-state index contributed by atoms with van der Waals surface area (Å²) in [6, 6.07) is 5.01. The summed E-state index contributed by atoms with van der Waals surface area (Å²) in [5.41, 5.74) is 2.45. The molecule has 0 bridgehead atoms. The van der Waals surface area contributed by atoms with E-state index in [1.54, 1.807) is 6.07 Å². The number of halogens is 1. The standard InChI is InChI=1S/C25H54N.C8H11BF/c1-5-8-11-14-17-20-23-26(4,24-21-18-15-12-9-6-2)25-22-19-16-13-10-7-3;1-6-3-4-7(10)5-8(6)9-2/h5-25H2,1-4H3;3-5H,9H2,1-2H3/q+1;-1. The van der Waals surface area contributed by atoms with Gasteiger partial charge in [0.15, 0.2) is 0 Å². The molecule has 1 aromatic carbocycles. The molecule has 1 rings (SSSR count). The average Bonchev–Trinajstić information content (AvgIpc) is 2.87. The van der Waals surface area contributed by atoms with Crippen LogP contribution in [-0.2, 0) is 0 Å². The van der Waals surface area contributed by atoms with E-state index in [4.69, 9.17) is 0 Å². The molecule has 0 unspecified atom stereocenters. The lowest BCUT2D eigenvalue weighted by Gasteiger charge is -2.35. The van der Waals surface area contributed by atoms with Crippen molar-refractivity contribution in [2.75, 3.05) is 26.7 Å². The lowest BCUT2D eigenvalue weighted by Crippen LogP contribution is -2.46. The second-order valence-corrected chi connectivity index (χ2v) is 11.8. The van der Waals surface area contributed by atoms with Gasteiger partial charge in [0.1, 0.15) is 5.82 Å². The molecule has 1 aromatic rings. The van der Waals surface area contributed by atoms with E-state index in [0.29, 0.717) is 0 Å². The highest BCUT2D eigenvalue weighted by Crippen LogP contribution is 2.16. The van der Waals surface area contributed by atoms with Crippen LogP contribution in [-0.4, -0.2) is 38.4 Å². The van der Waals surface area contributed by atoms with Crippen molar-refractivity contribution in [3.8, 4) is 0 Å². The monoisotopic (exact) mass is 506 g/mol. The molecule has 36 heavy (non-hydrogen) atoms. The van der Waals surface area contributed by atoms with Gasteiger partial charge in [0, 0.05) is 0 Å². The van der Waals surface area contributed by atoms with Gasteiger partial charge in [-0.2, -0.15) is 6.82 Å². The van der Waals surface area contributed by atoms with Gasteiger partial charge in [0.2, 0.25) is 0 Å². The number of aryl methyl sites for hydroxylation is 1. The van der Waals surface area contributed by atoms with Crippen molar-refractivity contribution in [2.24, 2.45) is 0 Å². The van der Waals surface area contributed by atoms with Gasteiger partial charge in [0.05, 0.1) is 26.7 Å². The fraction of sp³-hybridized carbons (Fsp3) is 0.818. The Morgan fingerprint density at radius 2 is 0.972 bits per heavy atom. The molecule has 0 heterocycles. The third kappa shape index (κ3) is 20.3. The second-order valence-electron chi connectivity index (χ2n) is 11.8. The predicted molar refractivity (Wildman–Crippen MR) is 166 cm³/mol. The zero-order valence-electron chi connectivity index (χ0n) is 25.9. The van der Waals surface area contributed by atoms with Crippen LogP contribution in [0.15, 0.2) is 18.2 Å². The first-order chi connectivity index (χ1) is 17.4. The lowest BCUT2D eigenvalue weighted by atomic mass is 9.71. The molecule has 212 valence electrons. The minimum Gasteiger partial charge on any atom is -0.326 e. The maximum Gasteiger partial charge on any atom is 0.120 e. The van der Waals surface area contributed by atoms with Gasteiger partial charge in [-0.1, -0.05) is 116 Å². The number of hydrogen-bond acceptors (Lipinski definition) is 0. The fourth-order valence-corrected chi connectivity index (χ4v) is 5.40. The molecule has 0 aliphatic rings. The number of quaternary nitrogens is 1. The van der Waals surface area contributed by atoms with Crippen molar-refractivity contribution in [3.05, 3.63) is 29.6 Å². The Morgan fingerprint density at radius 1 is 0.611 bits per heavy atom. The Hall–Kier alpha value is -0.825. The summed E-state index contributed by atoms with van der Waals surface area (Å²) in [4.78, 5) is 0. The van der Waals surface area contributed by atoms with Crippen LogP contribution >= 0.6 is 0 Å². The first kappa shape index (κ1) is 35.2. The molecule has 0 radical (unpaired) electrons. The fourth-order valence-electron chi connectivity index (χ4n) is 5.40. The summed E-state index contributed by atoms with van der Waals surface area (Å²) >= 11 is 0. The van der Waals surface area contributed by atoms with Gasteiger partial charge in [-0.15, -0.1) is 0 Å². The molecule has 0 atom stereocenters. The van der Waals surface area contributed by atoms with E-state index in [-0.39, 0.29) is 13.1 Å². The SMILES string of the molecule is CCCCCCCC[N+](C)(CCCCCCCC)CCCCCCCC.C[BH2-]c1cc(F)ccc1C. The smallest absolute Gasteiger partial charge is 0.120 e. The zero-order chi connectivity index (χ0) is 26.9. The Bertz CT molecular complexity index is 563. The van der Waals surface area contributed by atoms with Gasteiger partial charge in [-0.25, -0.2) is 9.85 Å². The van der Waals surface area contributed by atoms with Gasteiger partial charge < -0.3 is 4.48 Å². The van der Waals surface area contributed by atoms with Crippen LogP contribution in [0.2, 0.25) is 6.82 Å². The Kier molecular flexibility index (Phi) is 23.9. The van der Waals surface area contributed by atoms with Gasteiger partial charge >= 0.3 is 0 Å². The Labute approximate surface area is 227 Å². The minimum atomic E-state index is -0.105. The van der Waals surface area contributed by atoms with Crippen molar-refractivity contribution in [1.29, 1.82) is 0 Å². The summed E-state index contributed by atoms with van der Waals surface area (Å²) in [6.07, 6.45) is 25.9. The molecular formula is C33H65BFN. The second kappa shape index (κ2) is 24.5. The van der Waals surface area contributed by atoms with E-state index in [1.807, 2.05) is 13.0 Å². The molecule has 0 fully saturated rings. The first-order valence-electron chi connectivity index (χ1n) is 16.4. The Balaban J connectivity index is 0.00000101. The molecule has 0 aromatic heterocycles. The highest BCUT2D eigenvalue weighted by Gasteiger charge is 2.20. The number of unbranched alkanes of at least 4 members (excludes halogenated alkanes) is 15. The zero-order valence-corrected chi connectivity index (χ0v) is 25.9.